The van der Waals surface area contributed by atoms with Gasteiger partial charge in [0.2, 0.25) is 5.91 Å². The number of piperidine rings is 1. The van der Waals surface area contributed by atoms with Crippen molar-refractivity contribution in [2.75, 3.05) is 6.61 Å². The Hall–Kier alpha value is -1.18. The Kier molecular flexibility index (Phi) is 5.09. The highest BCUT2D eigenvalue weighted by molar-refractivity contribution is 9.11. The highest BCUT2D eigenvalue weighted by Gasteiger charge is 2.49. The second kappa shape index (κ2) is 6.52. The third-order valence-electron chi connectivity index (χ3n) is 3.32. The van der Waals surface area contributed by atoms with Gasteiger partial charge in [-0.2, -0.15) is 0 Å². The van der Waals surface area contributed by atoms with Crippen LogP contribution in [0.15, 0.2) is 22.5 Å². The van der Waals surface area contributed by atoms with Gasteiger partial charge in [-0.15, -0.1) is 17.9 Å². The topological polar surface area (TPSA) is 72.5 Å². The van der Waals surface area contributed by atoms with Crippen LogP contribution in [0.2, 0.25) is 5.02 Å². The average molecular weight is 407 g/mol. The van der Waals surface area contributed by atoms with Crippen LogP contribution in [0, 0.1) is 5.92 Å². The lowest BCUT2D eigenvalue weighted by Crippen LogP contribution is -2.57. The Morgan fingerprint density at radius 2 is 2.36 bits per heavy atom. The van der Waals surface area contributed by atoms with E-state index in [2.05, 4.69) is 27.8 Å². The summed E-state index contributed by atoms with van der Waals surface area (Å²) in [6.45, 7) is 5.42. The average Bonchev–Trinajstić information content (AvgIpc) is 2.77. The lowest BCUT2D eigenvalue weighted by Gasteiger charge is -2.36. The molecule has 8 heteroatoms. The van der Waals surface area contributed by atoms with E-state index >= 15 is 0 Å². The summed E-state index contributed by atoms with van der Waals surface area (Å²) in [6.07, 6.45) is 1.37. The van der Waals surface area contributed by atoms with Crippen LogP contribution in [-0.2, 0) is 24.7 Å². The number of hydrogen-bond donors (Lipinski definition) is 1. The first-order valence-corrected chi connectivity index (χ1v) is 8.43. The molecule has 1 N–H and O–H groups in total. The van der Waals surface area contributed by atoms with Crippen molar-refractivity contribution < 1.29 is 19.1 Å². The van der Waals surface area contributed by atoms with Crippen LogP contribution < -0.4 is 5.32 Å². The van der Waals surface area contributed by atoms with Crippen molar-refractivity contribution in [3.8, 4) is 0 Å². The minimum atomic E-state index is -1.43. The summed E-state index contributed by atoms with van der Waals surface area (Å²) in [6, 6.07) is 1.68. The molecular weight excluding hydrogens is 394 g/mol. The number of esters is 1. The first-order valence-electron chi connectivity index (χ1n) is 6.45. The molecular formula is C14H13BrClNO4S. The molecule has 1 aliphatic heterocycles. The van der Waals surface area contributed by atoms with E-state index in [0.717, 1.165) is 3.79 Å². The molecule has 2 rings (SSSR count). The van der Waals surface area contributed by atoms with Gasteiger partial charge in [0.1, 0.15) is 5.54 Å². The van der Waals surface area contributed by atoms with Crippen LogP contribution in [0.5, 0.6) is 0 Å². The van der Waals surface area contributed by atoms with Gasteiger partial charge in [0, 0.05) is 6.42 Å². The molecule has 1 aliphatic rings. The van der Waals surface area contributed by atoms with Gasteiger partial charge in [-0.1, -0.05) is 17.7 Å². The fourth-order valence-corrected chi connectivity index (χ4v) is 4.54. The second-order valence-electron chi connectivity index (χ2n) is 4.72. The van der Waals surface area contributed by atoms with E-state index in [1.165, 1.54) is 17.4 Å². The molecule has 5 nitrogen and oxygen atoms in total. The molecule has 0 saturated carbocycles. The van der Waals surface area contributed by atoms with E-state index < -0.39 is 29.1 Å². The predicted octanol–water partition coefficient (Wildman–Crippen LogP) is 2.81. The maximum absolute atomic E-state index is 12.3. The molecule has 0 bridgehead atoms. The van der Waals surface area contributed by atoms with E-state index in [9.17, 15) is 14.4 Å². The highest BCUT2D eigenvalue weighted by Crippen LogP contribution is 2.42. The third kappa shape index (κ3) is 2.98. The number of rotatable bonds is 4. The molecule has 2 heterocycles. The van der Waals surface area contributed by atoms with Crippen LogP contribution in [0.3, 0.4) is 0 Å². The van der Waals surface area contributed by atoms with E-state index in [1.807, 2.05) is 0 Å². The van der Waals surface area contributed by atoms with Crippen molar-refractivity contribution in [3.05, 3.63) is 32.4 Å². The molecule has 0 radical (unpaired) electrons. The molecule has 0 aromatic carbocycles. The van der Waals surface area contributed by atoms with Gasteiger partial charge >= 0.3 is 5.97 Å². The minimum Gasteiger partial charge on any atom is -0.465 e. The monoisotopic (exact) mass is 405 g/mol. The van der Waals surface area contributed by atoms with Gasteiger partial charge in [-0.05, 0) is 28.9 Å². The summed E-state index contributed by atoms with van der Waals surface area (Å²) in [4.78, 5) is 36.9. The zero-order valence-corrected chi connectivity index (χ0v) is 14.8. The number of Topliss-reactive ketones (excluding diaryl/α,β-unsaturated/α-hetero) is 1. The number of amides is 1. The largest absolute Gasteiger partial charge is 0.465 e. The summed E-state index contributed by atoms with van der Waals surface area (Å²) >= 11 is 10.8. The number of halogens is 2. The molecule has 1 amide bonds. The number of carbonyl (C=O) groups excluding carboxylic acids is 3. The van der Waals surface area contributed by atoms with Crippen LogP contribution in [0.25, 0.3) is 0 Å². The molecule has 118 valence electrons. The standard InChI is InChI=1S/C14H13BrClNO4S/c1-3-14(11-7(16)5-9(15)22-11)6-8(18)10(12(19)17-14)13(20)21-4-2/h3,5,10H,1,4,6H2,2H3,(H,17,19)/t10?,14-/m0/s1. The van der Waals surface area contributed by atoms with Gasteiger partial charge in [-0.3, -0.25) is 14.4 Å². The number of thiophene rings is 1. The Labute approximate surface area is 144 Å². The van der Waals surface area contributed by atoms with E-state index in [4.69, 9.17) is 16.3 Å². The third-order valence-corrected chi connectivity index (χ3v) is 5.54. The molecule has 1 aromatic rings. The summed E-state index contributed by atoms with van der Waals surface area (Å²) < 4.78 is 5.55. The molecule has 2 atom stereocenters. The predicted molar refractivity (Wildman–Crippen MR) is 86.8 cm³/mol. The normalized spacial score (nSPS) is 24.8. The van der Waals surface area contributed by atoms with Crippen molar-refractivity contribution in [2.24, 2.45) is 5.92 Å². The first-order chi connectivity index (χ1) is 10.3. The van der Waals surface area contributed by atoms with E-state index in [0.29, 0.717) is 9.90 Å². The van der Waals surface area contributed by atoms with Gasteiger partial charge in [0.05, 0.1) is 20.3 Å². The summed E-state index contributed by atoms with van der Waals surface area (Å²) in [5.74, 6) is -3.48. The number of ether oxygens (including phenoxy) is 1. The Morgan fingerprint density at radius 3 is 2.82 bits per heavy atom. The van der Waals surface area contributed by atoms with Crippen molar-refractivity contribution >= 4 is 56.5 Å². The van der Waals surface area contributed by atoms with Crippen molar-refractivity contribution in [1.29, 1.82) is 0 Å². The van der Waals surface area contributed by atoms with E-state index in [-0.39, 0.29) is 13.0 Å². The maximum Gasteiger partial charge on any atom is 0.326 e. The van der Waals surface area contributed by atoms with Crippen molar-refractivity contribution in [1.82, 2.24) is 5.32 Å². The Balaban J connectivity index is 2.37. The number of ketones is 1. The molecule has 1 unspecified atom stereocenters. The van der Waals surface area contributed by atoms with Crippen LogP contribution in [-0.4, -0.2) is 24.3 Å². The summed E-state index contributed by atoms with van der Waals surface area (Å²) in [7, 11) is 0. The summed E-state index contributed by atoms with van der Waals surface area (Å²) in [5.41, 5.74) is -1.11. The van der Waals surface area contributed by atoms with Gasteiger partial charge < -0.3 is 10.1 Å². The Morgan fingerprint density at radius 1 is 1.68 bits per heavy atom. The van der Waals surface area contributed by atoms with Crippen LogP contribution in [0.1, 0.15) is 18.2 Å². The van der Waals surface area contributed by atoms with Gasteiger partial charge in [0.25, 0.3) is 0 Å². The fraction of sp³-hybridized carbons (Fsp3) is 0.357. The highest BCUT2D eigenvalue weighted by atomic mass is 79.9. The second-order valence-corrected chi connectivity index (χ2v) is 7.56. The fourth-order valence-electron chi connectivity index (χ4n) is 2.32. The zero-order valence-electron chi connectivity index (χ0n) is 11.7. The molecule has 0 aliphatic carbocycles. The van der Waals surface area contributed by atoms with E-state index in [1.54, 1.807) is 13.0 Å². The SMILES string of the molecule is C=C[C@@]1(c2sc(Br)cc2Cl)CC(=O)C(C(=O)OCC)C(=O)N1. The molecule has 1 aromatic heterocycles. The number of nitrogens with one attached hydrogen (secondary N) is 1. The van der Waals surface area contributed by atoms with Crippen molar-refractivity contribution in [2.45, 2.75) is 18.9 Å². The van der Waals surface area contributed by atoms with Crippen LogP contribution in [0.4, 0.5) is 0 Å². The number of hydrogen-bond acceptors (Lipinski definition) is 5. The molecule has 0 spiro atoms. The summed E-state index contributed by atoms with van der Waals surface area (Å²) in [5, 5.41) is 3.11. The van der Waals surface area contributed by atoms with Gasteiger partial charge in [0.15, 0.2) is 11.7 Å². The van der Waals surface area contributed by atoms with Crippen LogP contribution >= 0.6 is 38.9 Å². The van der Waals surface area contributed by atoms with Gasteiger partial charge in [-0.25, -0.2) is 0 Å². The maximum atomic E-state index is 12.3. The Bertz CT molecular complexity index is 639. The van der Waals surface area contributed by atoms with Crippen molar-refractivity contribution in [3.63, 3.8) is 0 Å². The first kappa shape index (κ1) is 17.2. The molecule has 22 heavy (non-hydrogen) atoms. The molecule has 1 fully saturated rings. The zero-order chi connectivity index (χ0) is 16.5. The molecule has 1 saturated heterocycles. The smallest absolute Gasteiger partial charge is 0.326 e. The minimum absolute atomic E-state index is 0.0988. The lowest BCUT2D eigenvalue weighted by molar-refractivity contribution is -0.158. The lowest BCUT2D eigenvalue weighted by atomic mass is 9.81. The number of carbonyl (C=O) groups is 3. The quantitative estimate of drug-likeness (QED) is 0.474.